The van der Waals surface area contributed by atoms with E-state index in [1.165, 1.54) is 11.1 Å². The Morgan fingerprint density at radius 2 is 1.83 bits per heavy atom. The first-order chi connectivity index (χ1) is 11.7. The molecule has 4 heteroatoms. The quantitative estimate of drug-likeness (QED) is 0.882. The topological polar surface area (TPSA) is 53.7 Å². The van der Waals surface area contributed by atoms with Crippen molar-refractivity contribution < 1.29 is 14.2 Å². The summed E-state index contributed by atoms with van der Waals surface area (Å²) in [6.07, 6.45) is 1.04. The molecular formula is C20H25NO3. The molecule has 4 nitrogen and oxygen atoms in total. The summed E-state index contributed by atoms with van der Waals surface area (Å²) < 4.78 is 17.1. The van der Waals surface area contributed by atoms with Gasteiger partial charge in [0.25, 0.3) is 0 Å². The van der Waals surface area contributed by atoms with E-state index >= 15 is 0 Å². The van der Waals surface area contributed by atoms with Crippen molar-refractivity contribution in [1.82, 2.24) is 0 Å². The SMILES string of the molecule is CC(C)Oc1cccc(CC(CN)c2ccc3c(c2)OCCO3)c1. The molecule has 0 aromatic heterocycles. The largest absolute Gasteiger partial charge is 0.491 e. The van der Waals surface area contributed by atoms with E-state index in [0.717, 1.165) is 23.7 Å². The summed E-state index contributed by atoms with van der Waals surface area (Å²) in [5.74, 6) is 2.76. The van der Waals surface area contributed by atoms with E-state index in [9.17, 15) is 0 Å². The minimum Gasteiger partial charge on any atom is -0.491 e. The highest BCUT2D eigenvalue weighted by atomic mass is 16.6. The van der Waals surface area contributed by atoms with Gasteiger partial charge in [0.05, 0.1) is 6.10 Å². The molecule has 2 N–H and O–H groups in total. The second-order valence-corrected chi connectivity index (χ2v) is 6.35. The van der Waals surface area contributed by atoms with Crippen molar-refractivity contribution >= 4 is 0 Å². The Kier molecular flexibility index (Phi) is 5.26. The molecule has 0 bridgehead atoms. The van der Waals surface area contributed by atoms with Gasteiger partial charge in [0, 0.05) is 5.92 Å². The molecule has 0 saturated carbocycles. The number of ether oxygens (including phenoxy) is 3. The van der Waals surface area contributed by atoms with Gasteiger partial charge in [-0.2, -0.15) is 0 Å². The molecule has 0 fully saturated rings. The summed E-state index contributed by atoms with van der Waals surface area (Å²) in [7, 11) is 0. The second-order valence-electron chi connectivity index (χ2n) is 6.35. The van der Waals surface area contributed by atoms with Gasteiger partial charge >= 0.3 is 0 Å². The fourth-order valence-corrected chi connectivity index (χ4v) is 2.95. The zero-order chi connectivity index (χ0) is 16.9. The number of hydrogen-bond donors (Lipinski definition) is 1. The predicted molar refractivity (Wildman–Crippen MR) is 95.1 cm³/mol. The highest BCUT2D eigenvalue weighted by Crippen LogP contribution is 2.34. The number of nitrogens with two attached hydrogens (primary N) is 1. The molecule has 1 unspecified atom stereocenters. The Labute approximate surface area is 143 Å². The number of rotatable bonds is 6. The van der Waals surface area contributed by atoms with Crippen LogP contribution in [-0.2, 0) is 6.42 Å². The summed E-state index contributed by atoms with van der Waals surface area (Å²) in [5.41, 5.74) is 8.44. The van der Waals surface area contributed by atoms with Crippen LogP contribution in [0.4, 0.5) is 0 Å². The van der Waals surface area contributed by atoms with Crippen LogP contribution in [0.5, 0.6) is 17.2 Å². The van der Waals surface area contributed by atoms with E-state index in [2.05, 4.69) is 24.3 Å². The molecule has 0 saturated heterocycles. The summed E-state index contributed by atoms with van der Waals surface area (Å²) in [5, 5.41) is 0. The molecular weight excluding hydrogens is 302 g/mol. The minimum absolute atomic E-state index is 0.170. The third-order valence-electron chi connectivity index (χ3n) is 4.07. The molecule has 0 aliphatic carbocycles. The fraction of sp³-hybridized carbons (Fsp3) is 0.400. The monoisotopic (exact) mass is 327 g/mol. The average molecular weight is 327 g/mol. The lowest BCUT2D eigenvalue weighted by atomic mass is 9.91. The van der Waals surface area contributed by atoms with Gasteiger partial charge < -0.3 is 19.9 Å². The van der Waals surface area contributed by atoms with Crippen LogP contribution in [-0.4, -0.2) is 25.9 Å². The van der Waals surface area contributed by atoms with Gasteiger partial charge in [0.1, 0.15) is 19.0 Å². The Balaban J connectivity index is 1.77. The highest BCUT2D eigenvalue weighted by molar-refractivity contribution is 5.45. The molecule has 1 aliphatic heterocycles. The van der Waals surface area contributed by atoms with Crippen molar-refractivity contribution in [1.29, 1.82) is 0 Å². The van der Waals surface area contributed by atoms with Gasteiger partial charge in [-0.15, -0.1) is 0 Å². The van der Waals surface area contributed by atoms with Crippen LogP contribution in [0.1, 0.15) is 30.9 Å². The van der Waals surface area contributed by atoms with E-state index in [1.54, 1.807) is 0 Å². The van der Waals surface area contributed by atoms with Crippen LogP contribution in [0.25, 0.3) is 0 Å². The lowest BCUT2D eigenvalue weighted by Crippen LogP contribution is -2.18. The van der Waals surface area contributed by atoms with Crippen molar-refractivity contribution in [2.45, 2.75) is 32.3 Å². The molecule has 0 amide bonds. The molecule has 128 valence electrons. The van der Waals surface area contributed by atoms with Crippen LogP contribution in [0, 0.1) is 0 Å². The first kappa shape index (κ1) is 16.7. The minimum atomic E-state index is 0.170. The third kappa shape index (κ3) is 4.01. The van der Waals surface area contributed by atoms with Crippen LogP contribution >= 0.6 is 0 Å². The molecule has 2 aromatic rings. The number of benzene rings is 2. The summed E-state index contributed by atoms with van der Waals surface area (Å²) >= 11 is 0. The molecule has 3 rings (SSSR count). The van der Waals surface area contributed by atoms with Crippen LogP contribution in [0.3, 0.4) is 0 Å². The Morgan fingerprint density at radius 3 is 2.58 bits per heavy atom. The van der Waals surface area contributed by atoms with Crippen molar-refractivity contribution in [3.63, 3.8) is 0 Å². The van der Waals surface area contributed by atoms with Crippen molar-refractivity contribution in [3.8, 4) is 17.2 Å². The summed E-state index contributed by atoms with van der Waals surface area (Å²) in [4.78, 5) is 0. The van der Waals surface area contributed by atoms with Gasteiger partial charge in [-0.25, -0.2) is 0 Å². The fourth-order valence-electron chi connectivity index (χ4n) is 2.95. The van der Waals surface area contributed by atoms with Crippen LogP contribution in [0.2, 0.25) is 0 Å². The highest BCUT2D eigenvalue weighted by Gasteiger charge is 2.17. The van der Waals surface area contributed by atoms with Gasteiger partial charge in [0.2, 0.25) is 0 Å². The number of hydrogen-bond acceptors (Lipinski definition) is 4. The summed E-state index contributed by atoms with van der Waals surface area (Å²) in [6, 6.07) is 14.4. The molecule has 0 spiro atoms. The molecule has 1 atom stereocenters. The molecule has 0 radical (unpaired) electrons. The van der Waals surface area contributed by atoms with Crippen molar-refractivity contribution in [2.75, 3.05) is 19.8 Å². The number of fused-ring (bicyclic) bond motifs is 1. The van der Waals surface area contributed by atoms with Crippen LogP contribution < -0.4 is 19.9 Å². The smallest absolute Gasteiger partial charge is 0.161 e. The first-order valence-electron chi connectivity index (χ1n) is 8.51. The first-order valence-corrected chi connectivity index (χ1v) is 8.51. The van der Waals surface area contributed by atoms with Crippen molar-refractivity contribution in [3.05, 3.63) is 53.6 Å². The maximum atomic E-state index is 6.04. The maximum absolute atomic E-state index is 6.04. The Bertz CT molecular complexity index is 684. The third-order valence-corrected chi connectivity index (χ3v) is 4.07. The van der Waals surface area contributed by atoms with E-state index in [4.69, 9.17) is 19.9 Å². The van der Waals surface area contributed by atoms with Gasteiger partial charge in [-0.3, -0.25) is 0 Å². The van der Waals surface area contributed by atoms with Crippen LogP contribution in [0.15, 0.2) is 42.5 Å². The predicted octanol–water partition coefficient (Wildman–Crippen LogP) is 3.53. The van der Waals surface area contributed by atoms with Gasteiger partial charge in [-0.1, -0.05) is 18.2 Å². The Morgan fingerprint density at radius 1 is 1.04 bits per heavy atom. The van der Waals surface area contributed by atoms with E-state index < -0.39 is 0 Å². The van der Waals surface area contributed by atoms with E-state index in [1.807, 2.05) is 32.0 Å². The average Bonchev–Trinajstić information content (AvgIpc) is 2.59. The molecule has 2 aromatic carbocycles. The van der Waals surface area contributed by atoms with E-state index in [-0.39, 0.29) is 12.0 Å². The maximum Gasteiger partial charge on any atom is 0.161 e. The Hall–Kier alpha value is -2.20. The molecule has 1 heterocycles. The molecule has 1 aliphatic rings. The lowest BCUT2D eigenvalue weighted by Gasteiger charge is -2.22. The van der Waals surface area contributed by atoms with Gasteiger partial charge in [0.15, 0.2) is 11.5 Å². The van der Waals surface area contributed by atoms with E-state index in [0.29, 0.717) is 19.8 Å². The molecule has 24 heavy (non-hydrogen) atoms. The summed E-state index contributed by atoms with van der Waals surface area (Å²) in [6.45, 7) is 5.84. The zero-order valence-electron chi connectivity index (χ0n) is 14.3. The zero-order valence-corrected chi connectivity index (χ0v) is 14.3. The van der Waals surface area contributed by atoms with Gasteiger partial charge in [-0.05, 0) is 62.2 Å². The lowest BCUT2D eigenvalue weighted by molar-refractivity contribution is 0.171. The van der Waals surface area contributed by atoms with Crippen molar-refractivity contribution in [2.24, 2.45) is 5.73 Å². The second kappa shape index (κ2) is 7.58. The standard InChI is InChI=1S/C20H25NO3/c1-14(2)24-18-5-3-4-15(11-18)10-17(13-21)16-6-7-19-20(12-16)23-9-8-22-19/h3-7,11-12,14,17H,8-10,13,21H2,1-2H3. The normalized spacial score (nSPS) is 14.5.